The lowest BCUT2D eigenvalue weighted by atomic mass is 9.97. The van der Waals surface area contributed by atoms with E-state index < -0.39 is 0 Å². The Balaban J connectivity index is -0.000000145. The molecule has 27 N–H and O–H groups in total. The second-order valence-corrected chi connectivity index (χ2v) is 23.3. The monoisotopic (exact) mass is 1360 g/mol. The molecule has 3 fully saturated rings. The molecule has 0 radical (unpaired) electrons. The first-order valence-corrected chi connectivity index (χ1v) is 37.0. The topological polar surface area (TPSA) is 444 Å². The molecule has 2 aromatic heterocycles. The van der Waals surface area contributed by atoms with Gasteiger partial charge in [-0.3, -0.25) is 9.78 Å². The maximum absolute atomic E-state index is 11.0. The number of hydrogen-bond acceptors (Lipinski definition) is 22. The van der Waals surface area contributed by atoms with Crippen LogP contribution in [0.4, 0.5) is 0 Å². The van der Waals surface area contributed by atoms with E-state index in [4.69, 9.17) is 93.9 Å². The molecular weight excluding hydrogens is 1200 g/mol. The minimum Gasteiger partial charge on any atom is -0.392 e. The Hall–Kier alpha value is -2.93. The van der Waals surface area contributed by atoms with Crippen LogP contribution in [0.2, 0.25) is 0 Å². The fraction of sp³-hybridized carbons (Fsp3) is 0.873. The van der Waals surface area contributed by atoms with Crippen LogP contribution in [0, 0.1) is 0 Å². The van der Waals surface area contributed by atoms with Crippen molar-refractivity contribution in [2.45, 2.75) is 240 Å². The Labute approximate surface area is 585 Å². The predicted octanol–water partition coefficient (Wildman–Crippen LogP) is 6.22. The van der Waals surface area contributed by atoms with Gasteiger partial charge in [0.25, 0.3) is 0 Å². The third-order valence-electron chi connectivity index (χ3n) is 13.4. The first kappa shape index (κ1) is 108. The van der Waals surface area contributed by atoms with Gasteiger partial charge in [0.2, 0.25) is 5.91 Å². The largest absolute Gasteiger partial charge is 0.392 e. The minimum atomic E-state index is -0.338. The number of nitrogens with zero attached hydrogens (tertiary/aromatic N) is 6. The number of nitrogens with two attached hydrogens (primary N) is 13. The zero-order valence-electron chi connectivity index (χ0n) is 63.7. The molecule has 0 spiro atoms. The van der Waals surface area contributed by atoms with Crippen molar-refractivity contribution in [2.75, 3.05) is 165 Å². The number of imidazole rings is 1. The smallest absolute Gasteiger partial charge is 0.222 e. The summed E-state index contributed by atoms with van der Waals surface area (Å²) in [5, 5.41) is 8.24. The second kappa shape index (κ2) is 102. The Morgan fingerprint density at radius 2 is 1.13 bits per heavy atom. The summed E-state index contributed by atoms with van der Waals surface area (Å²) in [6.07, 6.45) is 37.7. The number of ether oxygens (including phenoxy) is 3. The number of hydrogen-bond donors (Lipinski definition) is 14. The number of methoxy groups -OCH3 is 1. The van der Waals surface area contributed by atoms with Crippen LogP contribution in [0.25, 0.3) is 0 Å². The number of carbonyl (C=O) groups is 1. The SMILES string of the molecule is CC(O)CN.CCCCCN.CCCCN.CCCCN(CCCC)CCCN.CCCN.CCOCCCN.CN(C)CCCN.COCCCN.NC1CCCCC1.NCC1CCCO1.NCCCN1CCCC1=O.NCCCn1ccnc1.NCCc1ccccn1. The summed E-state index contributed by atoms with van der Waals surface area (Å²) >= 11 is 0. The van der Waals surface area contributed by atoms with Crippen molar-refractivity contribution in [1.29, 1.82) is 0 Å². The van der Waals surface area contributed by atoms with Crippen molar-refractivity contribution in [3.05, 3.63) is 48.8 Å². The van der Waals surface area contributed by atoms with E-state index in [9.17, 15) is 4.79 Å². The van der Waals surface area contributed by atoms with Gasteiger partial charge in [0.15, 0.2) is 0 Å². The van der Waals surface area contributed by atoms with Crippen LogP contribution < -0.4 is 74.5 Å². The van der Waals surface area contributed by atoms with E-state index in [2.05, 4.69) is 68.5 Å². The van der Waals surface area contributed by atoms with Crippen molar-refractivity contribution in [1.82, 2.24) is 29.2 Å². The molecule has 2 atom stereocenters. The molecule has 1 amide bonds. The van der Waals surface area contributed by atoms with Crippen molar-refractivity contribution in [3.63, 3.8) is 0 Å². The highest BCUT2D eigenvalue weighted by Crippen LogP contribution is 2.15. The first-order valence-electron chi connectivity index (χ1n) is 37.0. The van der Waals surface area contributed by atoms with Gasteiger partial charge < -0.3 is 113 Å². The summed E-state index contributed by atoms with van der Waals surface area (Å²) in [7, 11) is 5.78. The summed E-state index contributed by atoms with van der Waals surface area (Å²) in [5.41, 5.74) is 69.3. The highest BCUT2D eigenvalue weighted by atomic mass is 16.5. The van der Waals surface area contributed by atoms with Crippen LogP contribution in [0.1, 0.15) is 215 Å². The minimum absolute atomic E-state index is 0.299. The lowest BCUT2D eigenvalue weighted by Crippen LogP contribution is -2.28. The Kier molecular flexibility index (Phi) is 116. The van der Waals surface area contributed by atoms with Gasteiger partial charge in [0.1, 0.15) is 0 Å². The number of unbranched alkanes of at least 4 members (excludes halogenated alkanes) is 5. The molecule has 1 saturated carbocycles. The Morgan fingerprint density at radius 3 is 1.44 bits per heavy atom. The van der Waals surface area contributed by atoms with Crippen molar-refractivity contribution in [2.24, 2.45) is 74.5 Å². The number of aliphatic hydroxyl groups is 1. The Bertz CT molecular complexity index is 1480. The van der Waals surface area contributed by atoms with Gasteiger partial charge in [0, 0.05) is 109 Å². The van der Waals surface area contributed by atoms with E-state index in [1.54, 1.807) is 32.8 Å². The standard InChI is InChI=1S/C11H26N2.C7H14N2O.C7H10N2.C6H11N3.C6H13N.C5H14N2.C5H11NO.C5H13NO.C5H13N.C4H11NO.C4H11N.C3H9NO.C3H9N/c1-3-5-9-13(10-6-4-2)11-7-8-12;8-4-2-6-9-5-1-3-7(9)10;8-5-4-7-3-1-2-6-9-7;7-2-1-4-9-5-3-8-6-9;7-6-4-2-1-3-5-6;1-7(2)5-3-4-6;6-4-5-2-1-3-7-5;1-2-7-5-3-4-6;1-2-3-4-5-6;1-6-4-2-3-5;1-2-3-4-5;1-3(5)2-4;1-2-3-4/h3-12H2,1-2H3;1-6,8H2;1-3,6H,4-5,8H2;3,5-6H,1-2,4,7H2;6H,1-5,7H2;3-6H2,1-2H3;5H,1-4,6H2;2-6H2,1H3;2-6H2,1H3;2-5H2,1H3;2-5H2,1H3;3,5H,2,4H2,1H3;2-4H2,1H3. The third-order valence-corrected chi connectivity index (χ3v) is 13.4. The summed E-state index contributed by atoms with van der Waals surface area (Å²) in [6.45, 7) is 34.2. The van der Waals surface area contributed by atoms with E-state index in [0.29, 0.717) is 44.2 Å². The molecule has 0 bridgehead atoms. The maximum Gasteiger partial charge on any atom is 0.222 e. The van der Waals surface area contributed by atoms with E-state index in [1.165, 1.54) is 116 Å². The highest BCUT2D eigenvalue weighted by molar-refractivity contribution is 5.78. The molecule has 24 nitrogen and oxygen atoms in total. The van der Waals surface area contributed by atoms with Gasteiger partial charge in [-0.25, -0.2) is 4.98 Å². The maximum atomic E-state index is 11.0. The van der Waals surface area contributed by atoms with Crippen LogP contribution >= 0.6 is 0 Å². The van der Waals surface area contributed by atoms with E-state index in [1.807, 2.05) is 40.8 Å². The van der Waals surface area contributed by atoms with Gasteiger partial charge in [-0.2, -0.15) is 0 Å². The van der Waals surface area contributed by atoms with Gasteiger partial charge >= 0.3 is 0 Å². The number of pyridine rings is 1. The lowest BCUT2D eigenvalue weighted by molar-refractivity contribution is -0.127. The normalized spacial score (nSPS) is 13.6. The molecule has 2 unspecified atom stereocenters. The lowest BCUT2D eigenvalue weighted by Gasteiger charge is -2.21. The third kappa shape index (κ3) is 110. The van der Waals surface area contributed by atoms with E-state index in [-0.39, 0.29) is 6.10 Å². The molecule has 4 heterocycles. The van der Waals surface area contributed by atoms with Crippen LogP contribution in [0.5, 0.6) is 0 Å². The molecule has 0 aromatic carbocycles. The zero-order valence-corrected chi connectivity index (χ0v) is 63.7. The van der Waals surface area contributed by atoms with Gasteiger partial charge in [0.05, 0.1) is 18.5 Å². The highest BCUT2D eigenvalue weighted by Gasteiger charge is 2.18. The Morgan fingerprint density at radius 1 is 0.600 bits per heavy atom. The molecule has 2 saturated heterocycles. The van der Waals surface area contributed by atoms with Crippen LogP contribution in [0.3, 0.4) is 0 Å². The van der Waals surface area contributed by atoms with Gasteiger partial charge in [-0.15, -0.1) is 0 Å². The molecule has 2 aromatic rings. The number of aliphatic hydroxyl groups excluding tert-OH is 1. The van der Waals surface area contributed by atoms with Crippen molar-refractivity contribution in [3.8, 4) is 0 Å². The van der Waals surface area contributed by atoms with Gasteiger partial charge in [-0.1, -0.05) is 92.1 Å². The summed E-state index contributed by atoms with van der Waals surface area (Å²) in [6, 6.07) is 6.39. The van der Waals surface area contributed by atoms with Crippen LogP contribution in [-0.4, -0.2) is 224 Å². The average molecular weight is 1370 g/mol. The molecule has 24 heteroatoms. The molecule has 2 aliphatic heterocycles. The van der Waals surface area contributed by atoms with E-state index >= 15 is 0 Å². The molecular formula is C71H165N19O5. The summed E-state index contributed by atoms with van der Waals surface area (Å²) in [5.74, 6) is 0.299. The van der Waals surface area contributed by atoms with Crippen LogP contribution in [-0.2, 0) is 32.0 Å². The molecule has 3 aliphatic rings. The number of rotatable bonds is 35. The molecule has 5 rings (SSSR count). The fourth-order valence-corrected chi connectivity index (χ4v) is 7.55. The number of amides is 1. The molecule has 574 valence electrons. The van der Waals surface area contributed by atoms with Crippen LogP contribution in [0.15, 0.2) is 43.1 Å². The fourth-order valence-electron chi connectivity index (χ4n) is 7.55. The predicted molar refractivity (Wildman–Crippen MR) is 412 cm³/mol. The first-order chi connectivity index (χ1) is 46.0. The number of likely N-dealkylation sites (tertiary alicyclic amines) is 1. The second-order valence-electron chi connectivity index (χ2n) is 23.3. The number of aryl methyl sites for hydroxylation is 1. The number of carbonyl (C=O) groups excluding carboxylic acids is 1. The molecule has 1 aliphatic carbocycles. The van der Waals surface area contributed by atoms with Crippen molar-refractivity contribution < 1.29 is 24.1 Å². The zero-order chi connectivity index (χ0) is 73.3. The average Bonchev–Trinajstić information content (AvgIpc) is 2.34. The van der Waals surface area contributed by atoms with Crippen molar-refractivity contribution >= 4 is 5.91 Å². The summed E-state index contributed by atoms with van der Waals surface area (Å²) in [4.78, 5) is 25.5. The van der Waals surface area contributed by atoms with E-state index in [0.717, 1.165) is 181 Å². The van der Waals surface area contributed by atoms with Gasteiger partial charge in [-0.05, 0) is 234 Å². The quantitative estimate of drug-likeness (QED) is 0.0340. The summed E-state index contributed by atoms with van der Waals surface area (Å²) < 4.78 is 16.9. The number of aromatic nitrogens is 3. The molecule has 95 heavy (non-hydrogen) atoms.